The monoisotopic (exact) mass is 236 g/mol. The van der Waals surface area contributed by atoms with Crippen LogP contribution in [0, 0.1) is 0 Å². The van der Waals surface area contributed by atoms with E-state index in [1.807, 2.05) is 30.3 Å². The highest BCUT2D eigenvalue weighted by Gasteiger charge is 2.15. The molecular formula is C12H16N2O3. The summed E-state index contributed by atoms with van der Waals surface area (Å²) >= 11 is 0. The van der Waals surface area contributed by atoms with Gasteiger partial charge in [0.05, 0.1) is 12.6 Å². The first-order valence-electron chi connectivity index (χ1n) is 5.39. The zero-order valence-electron chi connectivity index (χ0n) is 9.64. The maximum absolute atomic E-state index is 11.4. The van der Waals surface area contributed by atoms with Crippen LogP contribution in [0.1, 0.15) is 18.5 Å². The zero-order valence-corrected chi connectivity index (χ0v) is 9.64. The van der Waals surface area contributed by atoms with Crippen molar-refractivity contribution >= 4 is 11.8 Å². The van der Waals surface area contributed by atoms with E-state index in [4.69, 9.17) is 5.11 Å². The first kappa shape index (κ1) is 13.2. The van der Waals surface area contributed by atoms with Gasteiger partial charge in [0, 0.05) is 6.54 Å². The Balaban J connectivity index is 2.49. The van der Waals surface area contributed by atoms with Crippen LogP contribution < -0.4 is 10.6 Å². The Kier molecular flexibility index (Phi) is 5.16. The van der Waals surface area contributed by atoms with Crippen molar-refractivity contribution in [2.75, 3.05) is 13.2 Å². The molecule has 0 heterocycles. The van der Waals surface area contributed by atoms with Gasteiger partial charge in [-0.1, -0.05) is 30.3 Å². The number of carbonyl (C=O) groups excluding carboxylic acids is 2. The third-order valence-corrected chi connectivity index (χ3v) is 2.25. The van der Waals surface area contributed by atoms with Crippen molar-refractivity contribution in [3.05, 3.63) is 35.9 Å². The number of aliphatic hydroxyl groups excluding tert-OH is 1. The molecule has 0 fully saturated rings. The van der Waals surface area contributed by atoms with Crippen LogP contribution in [0.2, 0.25) is 0 Å². The first-order valence-corrected chi connectivity index (χ1v) is 5.39. The lowest BCUT2D eigenvalue weighted by Crippen LogP contribution is -2.41. The standard InChI is InChI=1S/C12H16N2O3/c1-9(10-5-3-2-4-6-10)14-12(17)11(16)13-7-8-15/h2-6,9,15H,7-8H2,1H3,(H,13,16)(H,14,17)/t9-/m0/s1. The lowest BCUT2D eigenvalue weighted by molar-refractivity contribution is -0.139. The molecule has 1 aromatic carbocycles. The molecule has 92 valence electrons. The number of aliphatic hydroxyl groups is 1. The molecule has 0 radical (unpaired) electrons. The number of amides is 2. The lowest BCUT2D eigenvalue weighted by Gasteiger charge is -2.13. The van der Waals surface area contributed by atoms with Crippen molar-refractivity contribution < 1.29 is 14.7 Å². The van der Waals surface area contributed by atoms with Gasteiger partial charge in [-0.25, -0.2) is 0 Å². The van der Waals surface area contributed by atoms with Crippen molar-refractivity contribution in [2.45, 2.75) is 13.0 Å². The molecule has 17 heavy (non-hydrogen) atoms. The summed E-state index contributed by atoms with van der Waals surface area (Å²) in [6, 6.07) is 9.12. The molecule has 5 heteroatoms. The summed E-state index contributed by atoms with van der Waals surface area (Å²) in [5.41, 5.74) is 0.927. The van der Waals surface area contributed by atoms with E-state index in [-0.39, 0.29) is 19.2 Å². The Morgan fingerprint density at radius 1 is 1.24 bits per heavy atom. The summed E-state index contributed by atoms with van der Waals surface area (Å²) in [7, 11) is 0. The van der Waals surface area contributed by atoms with Crippen LogP contribution in [0.5, 0.6) is 0 Å². The van der Waals surface area contributed by atoms with E-state index in [1.165, 1.54) is 0 Å². The van der Waals surface area contributed by atoms with Gasteiger partial charge in [-0.3, -0.25) is 9.59 Å². The minimum atomic E-state index is -0.734. The van der Waals surface area contributed by atoms with E-state index in [9.17, 15) is 9.59 Å². The molecule has 1 rings (SSSR count). The average molecular weight is 236 g/mol. The number of hydrogen-bond donors (Lipinski definition) is 3. The van der Waals surface area contributed by atoms with Crippen LogP contribution in [0.4, 0.5) is 0 Å². The minimum Gasteiger partial charge on any atom is -0.395 e. The zero-order chi connectivity index (χ0) is 12.7. The molecule has 0 saturated heterocycles. The molecule has 3 N–H and O–H groups in total. The Labute approximate surface area is 99.8 Å². The summed E-state index contributed by atoms with van der Waals surface area (Å²) in [4.78, 5) is 22.7. The Morgan fingerprint density at radius 2 is 1.88 bits per heavy atom. The molecule has 0 unspecified atom stereocenters. The molecule has 5 nitrogen and oxygen atoms in total. The number of nitrogens with one attached hydrogen (secondary N) is 2. The molecule has 0 spiro atoms. The maximum Gasteiger partial charge on any atom is 0.309 e. The van der Waals surface area contributed by atoms with Crippen molar-refractivity contribution in [1.82, 2.24) is 10.6 Å². The van der Waals surface area contributed by atoms with Crippen LogP contribution in [0.3, 0.4) is 0 Å². The van der Waals surface area contributed by atoms with E-state index >= 15 is 0 Å². The molecule has 2 amide bonds. The van der Waals surface area contributed by atoms with Crippen molar-refractivity contribution in [1.29, 1.82) is 0 Å². The van der Waals surface area contributed by atoms with Crippen LogP contribution in [-0.4, -0.2) is 30.1 Å². The minimum absolute atomic E-state index is 0.0754. The van der Waals surface area contributed by atoms with Gasteiger partial charge in [0.1, 0.15) is 0 Å². The summed E-state index contributed by atoms with van der Waals surface area (Å²) in [5, 5.41) is 13.4. The fraction of sp³-hybridized carbons (Fsp3) is 0.333. The predicted molar refractivity (Wildman–Crippen MR) is 63.1 cm³/mol. The molecule has 0 aromatic heterocycles. The van der Waals surface area contributed by atoms with Crippen LogP contribution >= 0.6 is 0 Å². The molecule has 0 saturated carbocycles. The van der Waals surface area contributed by atoms with Gasteiger partial charge >= 0.3 is 11.8 Å². The second-order valence-corrected chi connectivity index (χ2v) is 3.59. The highest BCUT2D eigenvalue weighted by Crippen LogP contribution is 2.10. The SMILES string of the molecule is C[C@H](NC(=O)C(=O)NCCO)c1ccccc1. The topological polar surface area (TPSA) is 78.4 Å². The summed E-state index contributed by atoms with van der Waals surface area (Å²) in [6.07, 6.45) is 0. The lowest BCUT2D eigenvalue weighted by atomic mass is 10.1. The third kappa shape index (κ3) is 4.24. The van der Waals surface area contributed by atoms with Gasteiger partial charge in [0.15, 0.2) is 0 Å². The molecule has 0 aliphatic carbocycles. The summed E-state index contributed by atoms with van der Waals surface area (Å²) < 4.78 is 0. The first-order chi connectivity index (χ1) is 8.15. The number of carbonyl (C=O) groups is 2. The van der Waals surface area contributed by atoms with Crippen LogP contribution in [-0.2, 0) is 9.59 Å². The largest absolute Gasteiger partial charge is 0.395 e. The van der Waals surface area contributed by atoms with Gasteiger partial charge in [0.25, 0.3) is 0 Å². The van der Waals surface area contributed by atoms with E-state index < -0.39 is 11.8 Å². The highest BCUT2D eigenvalue weighted by molar-refractivity contribution is 6.35. The molecule has 0 aliphatic heterocycles. The highest BCUT2D eigenvalue weighted by atomic mass is 16.3. The number of hydrogen-bond acceptors (Lipinski definition) is 3. The Morgan fingerprint density at radius 3 is 2.47 bits per heavy atom. The maximum atomic E-state index is 11.4. The molecule has 0 bridgehead atoms. The van der Waals surface area contributed by atoms with E-state index in [2.05, 4.69) is 10.6 Å². The summed E-state index contributed by atoms with van der Waals surface area (Å²) in [6.45, 7) is 1.69. The van der Waals surface area contributed by atoms with E-state index in [0.29, 0.717) is 0 Å². The second-order valence-electron chi connectivity index (χ2n) is 3.59. The fourth-order valence-electron chi connectivity index (χ4n) is 1.34. The van der Waals surface area contributed by atoms with Crippen molar-refractivity contribution in [2.24, 2.45) is 0 Å². The molecular weight excluding hydrogens is 220 g/mol. The van der Waals surface area contributed by atoms with Crippen molar-refractivity contribution in [3.8, 4) is 0 Å². The second kappa shape index (κ2) is 6.65. The smallest absolute Gasteiger partial charge is 0.309 e. The molecule has 1 aromatic rings. The van der Waals surface area contributed by atoms with E-state index in [1.54, 1.807) is 6.92 Å². The Hall–Kier alpha value is -1.88. The predicted octanol–water partition coefficient (Wildman–Crippen LogP) is -0.0277. The number of rotatable bonds is 4. The van der Waals surface area contributed by atoms with Crippen molar-refractivity contribution in [3.63, 3.8) is 0 Å². The van der Waals surface area contributed by atoms with E-state index in [0.717, 1.165) is 5.56 Å². The third-order valence-electron chi connectivity index (χ3n) is 2.25. The van der Waals surface area contributed by atoms with Crippen LogP contribution in [0.25, 0.3) is 0 Å². The molecule has 1 atom stereocenters. The summed E-state index contributed by atoms with van der Waals surface area (Å²) in [5.74, 6) is -1.43. The fourth-order valence-corrected chi connectivity index (χ4v) is 1.34. The normalized spacial score (nSPS) is 11.6. The van der Waals surface area contributed by atoms with Gasteiger partial charge in [-0.05, 0) is 12.5 Å². The van der Waals surface area contributed by atoms with Gasteiger partial charge in [-0.2, -0.15) is 0 Å². The number of benzene rings is 1. The van der Waals surface area contributed by atoms with Crippen LogP contribution in [0.15, 0.2) is 30.3 Å². The average Bonchev–Trinajstić information content (AvgIpc) is 2.36. The quantitative estimate of drug-likeness (QED) is 0.642. The Bertz CT molecular complexity index is 379. The van der Waals surface area contributed by atoms with Gasteiger partial charge in [0.2, 0.25) is 0 Å². The van der Waals surface area contributed by atoms with Gasteiger partial charge < -0.3 is 15.7 Å². The molecule has 0 aliphatic rings. The van der Waals surface area contributed by atoms with Gasteiger partial charge in [-0.15, -0.1) is 0 Å².